The minimum absolute atomic E-state index is 0.143. The second-order valence-electron chi connectivity index (χ2n) is 6.75. The fourth-order valence-electron chi connectivity index (χ4n) is 4.13. The van der Waals surface area contributed by atoms with Gasteiger partial charge in [0, 0.05) is 23.1 Å². The second kappa shape index (κ2) is 7.03. The molecule has 0 spiro atoms. The van der Waals surface area contributed by atoms with Crippen LogP contribution in [-0.2, 0) is 4.79 Å². The number of halogens is 1. The Kier molecular flexibility index (Phi) is 5.07. The van der Waals surface area contributed by atoms with Gasteiger partial charge in [0.05, 0.1) is 0 Å². The molecule has 4 unspecified atom stereocenters. The van der Waals surface area contributed by atoms with Crippen molar-refractivity contribution in [1.82, 2.24) is 5.32 Å². The Labute approximate surface area is 136 Å². The number of hydrogen-bond acceptors (Lipinski definition) is 2. The van der Waals surface area contributed by atoms with Crippen LogP contribution in [0.15, 0.2) is 29.2 Å². The number of hydrogen-bond donors (Lipinski definition) is 1. The van der Waals surface area contributed by atoms with E-state index in [1.165, 1.54) is 37.8 Å². The minimum atomic E-state index is -0.221. The van der Waals surface area contributed by atoms with Gasteiger partial charge in [0.15, 0.2) is 0 Å². The SMILES string of the molecule is CC(NC(=O)CCSc1ccc(F)cc1)C1CC2CCC1C2. The van der Waals surface area contributed by atoms with Crippen LogP contribution in [-0.4, -0.2) is 17.7 Å². The van der Waals surface area contributed by atoms with Crippen molar-refractivity contribution in [2.45, 2.75) is 50.0 Å². The van der Waals surface area contributed by atoms with Crippen LogP contribution < -0.4 is 5.32 Å². The molecule has 0 saturated heterocycles. The van der Waals surface area contributed by atoms with Crippen LogP contribution in [0.25, 0.3) is 0 Å². The van der Waals surface area contributed by atoms with Gasteiger partial charge >= 0.3 is 0 Å². The van der Waals surface area contributed by atoms with Gasteiger partial charge in [-0.3, -0.25) is 4.79 Å². The largest absolute Gasteiger partial charge is 0.353 e. The molecule has 0 heterocycles. The highest BCUT2D eigenvalue weighted by atomic mass is 32.2. The minimum Gasteiger partial charge on any atom is -0.353 e. The third kappa shape index (κ3) is 3.83. The van der Waals surface area contributed by atoms with Crippen molar-refractivity contribution in [3.8, 4) is 0 Å². The molecule has 3 rings (SSSR count). The Morgan fingerprint density at radius 1 is 1.32 bits per heavy atom. The fraction of sp³-hybridized carbons (Fsp3) is 0.611. The predicted octanol–water partition coefficient (Wildman–Crippen LogP) is 4.25. The molecular weight excluding hydrogens is 297 g/mol. The molecule has 1 aromatic carbocycles. The lowest BCUT2D eigenvalue weighted by Gasteiger charge is -2.28. The maximum atomic E-state index is 12.8. The summed E-state index contributed by atoms with van der Waals surface area (Å²) in [6.45, 7) is 2.16. The van der Waals surface area contributed by atoms with Crippen LogP contribution >= 0.6 is 11.8 Å². The first-order valence-electron chi connectivity index (χ1n) is 8.29. The lowest BCUT2D eigenvalue weighted by molar-refractivity contribution is -0.121. The summed E-state index contributed by atoms with van der Waals surface area (Å²) in [6, 6.07) is 6.74. The molecule has 1 aromatic rings. The van der Waals surface area contributed by atoms with E-state index in [-0.39, 0.29) is 11.7 Å². The van der Waals surface area contributed by atoms with E-state index in [0.717, 1.165) is 22.5 Å². The van der Waals surface area contributed by atoms with Crippen LogP contribution in [0.3, 0.4) is 0 Å². The zero-order chi connectivity index (χ0) is 15.5. The van der Waals surface area contributed by atoms with Gasteiger partial charge in [-0.15, -0.1) is 11.8 Å². The number of carbonyl (C=O) groups is 1. The first-order chi connectivity index (χ1) is 10.6. The van der Waals surface area contributed by atoms with Crippen LogP contribution in [0, 0.1) is 23.6 Å². The maximum absolute atomic E-state index is 12.8. The van der Waals surface area contributed by atoms with Crippen LogP contribution in [0.2, 0.25) is 0 Å². The molecule has 1 amide bonds. The molecule has 4 atom stereocenters. The van der Waals surface area contributed by atoms with Gasteiger partial charge in [-0.05, 0) is 68.2 Å². The van der Waals surface area contributed by atoms with Crippen molar-refractivity contribution in [2.24, 2.45) is 17.8 Å². The van der Waals surface area contributed by atoms with E-state index < -0.39 is 0 Å². The lowest BCUT2D eigenvalue weighted by atomic mass is 9.84. The molecule has 2 fully saturated rings. The first-order valence-corrected chi connectivity index (χ1v) is 9.28. The van der Waals surface area contributed by atoms with Crippen molar-refractivity contribution < 1.29 is 9.18 Å². The summed E-state index contributed by atoms with van der Waals surface area (Å²) in [7, 11) is 0. The van der Waals surface area contributed by atoms with E-state index in [1.54, 1.807) is 23.9 Å². The lowest BCUT2D eigenvalue weighted by Crippen LogP contribution is -2.40. The predicted molar refractivity (Wildman–Crippen MR) is 88.3 cm³/mol. The highest BCUT2D eigenvalue weighted by molar-refractivity contribution is 7.99. The molecule has 2 bridgehead atoms. The molecule has 0 aliphatic heterocycles. The van der Waals surface area contributed by atoms with Crippen molar-refractivity contribution >= 4 is 17.7 Å². The summed E-state index contributed by atoms with van der Waals surface area (Å²) in [5, 5.41) is 3.19. The first kappa shape index (κ1) is 15.9. The van der Waals surface area contributed by atoms with Crippen LogP contribution in [0.1, 0.15) is 39.0 Å². The quantitative estimate of drug-likeness (QED) is 0.794. The number of benzene rings is 1. The molecule has 2 saturated carbocycles. The normalized spacial score (nSPS) is 27.8. The summed E-state index contributed by atoms with van der Waals surface area (Å²) in [5.41, 5.74) is 0. The summed E-state index contributed by atoms with van der Waals surface area (Å²) in [5.74, 6) is 3.11. The van der Waals surface area contributed by atoms with Gasteiger partial charge in [-0.1, -0.05) is 6.42 Å². The van der Waals surface area contributed by atoms with Crippen LogP contribution in [0.4, 0.5) is 4.39 Å². The molecule has 0 radical (unpaired) electrons. The third-order valence-corrected chi connectivity index (χ3v) is 6.25. The van der Waals surface area contributed by atoms with Crippen molar-refractivity contribution in [3.63, 3.8) is 0 Å². The zero-order valence-corrected chi connectivity index (χ0v) is 13.9. The Bertz CT molecular complexity index is 518. The third-order valence-electron chi connectivity index (χ3n) is 5.24. The number of carbonyl (C=O) groups excluding carboxylic acids is 1. The van der Waals surface area contributed by atoms with Gasteiger partial charge in [-0.25, -0.2) is 4.39 Å². The summed E-state index contributed by atoms with van der Waals surface area (Å²) in [4.78, 5) is 13.1. The van der Waals surface area contributed by atoms with Gasteiger partial charge < -0.3 is 5.32 Å². The van der Waals surface area contributed by atoms with E-state index in [4.69, 9.17) is 0 Å². The maximum Gasteiger partial charge on any atom is 0.221 e. The molecule has 120 valence electrons. The summed E-state index contributed by atoms with van der Waals surface area (Å²) in [6.07, 6.45) is 5.96. The molecule has 0 aromatic heterocycles. The second-order valence-corrected chi connectivity index (χ2v) is 7.92. The highest BCUT2D eigenvalue weighted by Gasteiger charge is 2.41. The Morgan fingerprint density at radius 3 is 2.73 bits per heavy atom. The van der Waals surface area contributed by atoms with E-state index in [0.29, 0.717) is 18.4 Å². The Morgan fingerprint density at radius 2 is 2.09 bits per heavy atom. The standard InChI is InChI=1S/C18H24FNOS/c1-12(17-11-13-2-3-14(17)10-13)20-18(21)8-9-22-16-6-4-15(19)5-7-16/h4-7,12-14,17H,2-3,8-11H2,1H3,(H,20,21). The highest BCUT2D eigenvalue weighted by Crippen LogP contribution is 2.49. The fourth-order valence-corrected chi connectivity index (χ4v) is 4.98. The average Bonchev–Trinajstić information content (AvgIpc) is 3.12. The zero-order valence-electron chi connectivity index (χ0n) is 13.1. The van der Waals surface area contributed by atoms with E-state index >= 15 is 0 Å². The molecule has 2 aliphatic carbocycles. The smallest absolute Gasteiger partial charge is 0.221 e. The summed E-state index contributed by atoms with van der Waals surface area (Å²) >= 11 is 1.60. The number of amides is 1. The van der Waals surface area contributed by atoms with Crippen molar-refractivity contribution in [2.75, 3.05) is 5.75 Å². The molecule has 2 nitrogen and oxygen atoms in total. The number of nitrogens with one attached hydrogen (secondary N) is 1. The number of fused-ring (bicyclic) bond motifs is 2. The van der Waals surface area contributed by atoms with Gasteiger partial charge in [-0.2, -0.15) is 0 Å². The Balaban J connectivity index is 1.38. The van der Waals surface area contributed by atoms with Crippen LogP contribution in [0.5, 0.6) is 0 Å². The van der Waals surface area contributed by atoms with Gasteiger partial charge in [0.1, 0.15) is 5.82 Å². The van der Waals surface area contributed by atoms with Crippen molar-refractivity contribution in [3.05, 3.63) is 30.1 Å². The molecule has 2 aliphatic rings. The summed E-state index contributed by atoms with van der Waals surface area (Å²) < 4.78 is 12.8. The van der Waals surface area contributed by atoms with E-state index in [1.807, 2.05) is 0 Å². The van der Waals surface area contributed by atoms with Gasteiger partial charge in [0.2, 0.25) is 5.91 Å². The number of rotatable bonds is 6. The number of thioether (sulfide) groups is 1. The average molecular weight is 321 g/mol. The monoisotopic (exact) mass is 321 g/mol. The van der Waals surface area contributed by atoms with Gasteiger partial charge in [0.25, 0.3) is 0 Å². The van der Waals surface area contributed by atoms with E-state index in [2.05, 4.69) is 12.2 Å². The molecule has 22 heavy (non-hydrogen) atoms. The Hall–Kier alpha value is -1.03. The topological polar surface area (TPSA) is 29.1 Å². The molecular formula is C18H24FNOS. The van der Waals surface area contributed by atoms with Crippen molar-refractivity contribution in [1.29, 1.82) is 0 Å². The molecule has 1 N–H and O–H groups in total. The molecule has 4 heteroatoms. The van der Waals surface area contributed by atoms with E-state index in [9.17, 15) is 9.18 Å².